The number of aliphatic hydroxyl groups is 3. The van der Waals surface area contributed by atoms with E-state index in [0.717, 1.165) is 77.0 Å². The van der Waals surface area contributed by atoms with Crippen LogP contribution >= 0.6 is 0 Å². The standard InChI is InChI=1S/C41H72O11/c1-3-5-7-9-11-13-15-16-17-18-20-21-23-25-27-29-34(42)49-31-33(32-50-41-38(46)36(44)37(45)39(52-41)40(47)48)51-35(43)30-28-26-24-22-19-14-12-10-8-6-4-2/h10,12,16-17,33,36-39,41,44-46H,3-9,11,13-15,18-32H2,1-2H3,(H,47,48)/b12-10-,17-16-. The van der Waals surface area contributed by atoms with Crippen LogP contribution in [0.5, 0.6) is 0 Å². The molecule has 11 nitrogen and oxygen atoms in total. The van der Waals surface area contributed by atoms with E-state index >= 15 is 0 Å². The van der Waals surface area contributed by atoms with Crippen LogP contribution in [0.3, 0.4) is 0 Å². The molecule has 0 amide bonds. The van der Waals surface area contributed by atoms with Gasteiger partial charge in [0.25, 0.3) is 0 Å². The Labute approximate surface area is 313 Å². The highest BCUT2D eigenvalue weighted by atomic mass is 16.7. The van der Waals surface area contributed by atoms with Gasteiger partial charge in [-0.2, -0.15) is 0 Å². The topological polar surface area (TPSA) is 169 Å². The number of carboxylic acid groups (broad SMARTS) is 1. The Hall–Kier alpha value is -2.31. The van der Waals surface area contributed by atoms with Crippen LogP contribution in [0.4, 0.5) is 0 Å². The number of ether oxygens (including phenoxy) is 4. The van der Waals surface area contributed by atoms with Gasteiger partial charge in [0.2, 0.25) is 0 Å². The van der Waals surface area contributed by atoms with Crippen molar-refractivity contribution in [3.63, 3.8) is 0 Å². The number of carboxylic acids is 1. The van der Waals surface area contributed by atoms with Crippen molar-refractivity contribution in [3.8, 4) is 0 Å². The number of hydrogen-bond donors (Lipinski definition) is 4. The largest absolute Gasteiger partial charge is 0.479 e. The van der Waals surface area contributed by atoms with Gasteiger partial charge in [-0.05, 0) is 57.8 Å². The molecule has 6 atom stereocenters. The number of rotatable bonds is 33. The average molecular weight is 741 g/mol. The van der Waals surface area contributed by atoms with E-state index in [4.69, 9.17) is 18.9 Å². The molecule has 11 heteroatoms. The summed E-state index contributed by atoms with van der Waals surface area (Å²) in [6, 6.07) is 0. The number of allylic oxidation sites excluding steroid dienone is 4. The molecule has 0 aromatic carbocycles. The summed E-state index contributed by atoms with van der Waals surface area (Å²) in [5.74, 6) is -2.47. The summed E-state index contributed by atoms with van der Waals surface area (Å²) in [7, 11) is 0. The number of aliphatic carboxylic acids is 1. The van der Waals surface area contributed by atoms with Gasteiger partial charge in [0.1, 0.15) is 24.9 Å². The fourth-order valence-electron chi connectivity index (χ4n) is 5.97. The van der Waals surface area contributed by atoms with Crippen molar-refractivity contribution < 1.29 is 53.8 Å². The molecule has 1 aliphatic heterocycles. The molecule has 1 rings (SSSR count). The zero-order chi connectivity index (χ0) is 38.2. The lowest BCUT2D eigenvalue weighted by atomic mass is 9.99. The zero-order valence-corrected chi connectivity index (χ0v) is 32.3. The third-order valence-electron chi connectivity index (χ3n) is 9.27. The van der Waals surface area contributed by atoms with Gasteiger partial charge in [0, 0.05) is 12.8 Å². The molecule has 0 aromatic rings. The van der Waals surface area contributed by atoms with Crippen LogP contribution in [-0.2, 0) is 33.3 Å². The molecule has 0 bridgehead atoms. The summed E-state index contributed by atoms with van der Waals surface area (Å²) < 4.78 is 21.6. The molecule has 4 N–H and O–H groups in total. The molecule has 1 aliphatic rings. The molecular formula is C41H72O11. The fraction of sp³-hybridized carbons (Fsp3) is 0.829. The first kappa shape index (κ1) is 47.7. The summed E-state index contributed by atoms with van der Waals surface area (Å²) in [6.07, 6.45) is 23.8. The summed E-state index contributed by atoms with van der Waals surface area (Å²) in [6.45, 7) is 3.73. The van der Waals surface area contributed by atoms with Crippen LogP contribution in [0.15, 0.2) is 24.3 Å². The number of hydrogen-bond acceptors (Lipinski definition) is 10. The summed E-state index contributed by atoms with van der Waals surface area (Å²) in [5.41, 5.74) is 0. The van der Waals surface area contributed by atoms with Crippen LogP contribution < -0.4 is 0 Å². The molecule has 0 radical (unpaired) electrons. The quantitative estimate of drug-likeness (QED) is 0.0294. The van der Waals surface area contributed by atoms with Crippen LogP contribution in [0.25, 0.3) is 0 Å². The van der Waals surface area contributed by atoms with E-state index in [2.05, 4.69) is 38.2 Å². The Balaban J connectivity index is 2.42. The molecule has 1 heterocycles. The monoisotopic (exact) mass is 741 g/mol. The fourth-order valence-corrected chi connectivity index (χ4v) is 5.97. The molecule has 0 saturated carbocycles. The average Bonchev–Trinajstić information content (AvgIpc) is 3.12. The Kier molecular flexibility index (Phi) is 29.5. The maximum atomic E-state index is 12.7. The molecule has 302 valence electrons. The zero-order valence-electron chi connectivity index (χ0n) is 32.3. The minimum Gasteiger partial charge on any atom is -0.479 e. The summed E-state index contributed by atoms with van der Waals surface area (Å²) in [5, 5.41) is 39.7. The van der Waals surface area contributed by atoms with E-state index < -0.39 is 61.3 Å². The van der Waals surface area contributed by atoms with Crippen LogP contribution in [-0.4, -0.2) is 88.4 Å². The minimum absolute atomic E-state index is 0.171. The van der Waals surface area contributed by atoms with Crippen molar-refractivity contribution in [2.45, 2.75) is 205 Å². The van der Waals surface area contributed by atoms with Crippen molar-refractivity contribution in [2.24, 2.45) is 0 Å². The van der Waals surface area contributed by atoms with Crippen molar-refractivity contribution in [1.29, 1.82) is 0 Å². The van der Waals surface area contributed by atoms with Gasteiger partial charge in [0.15, 0.2) is 18.5 Å². The molecule has 1 saturated heterocycles. The van der Waals surface area contributed by atoms with Gasteiger partial charge >= 0.3 is 17.9 Å². The third-order valence-corrected chi connectivity index (χ3v) is 9.27. The third kappa shape index (κ3) is 24.1. The van der Waals surface area contributed by atoms with E-state index in [9.17, 15) is 34.8 Å². The Morgan fingerprint density at radius 2 is 1.04 bits per heavy atom. The SMILES string of the molecule is CCCC/C=C\CCCCCCCC(=O)OC(COC(=O)CCCCCCC/C=C\CCCCCCCC)COC1OC(C(=O)O)C(O)C(O)C1O. The van der Waals surface area contributed by atoms with Crippen LogP contribution in [0.2, 0.25) is 0 Å². The number of esters is 2. The normalized spacial score (nSPS) is 21.1. The van der Waals surface area contributed by atoms with E-state index in [1.807, 2.05) is 0 Å². The number of unbranched alkanes of at least 4 members (excludes halogenated alkanes) is 18. The van der Waals surface area contributed by atoms with Gasteiger partial charge in [-0.25, -0.2) is 4.79 Å². The predicted octanol–water partition coefficient (Wildman–Crippen LogP) is 7.86. The highest BCUT2D eigenvalue weighted by Crippen LogP contribution is 2.23. The Morgan fingerprint density at radius 1 is 0.577 bits per heavy atom. The molecule has 6 unspecified atom stereocenters. The molecule has 0 aliphatic carbocycles. The molecule has 52 heavy (non-hydrogen) atoms. The van der Waals surface area contributed by atoms with Crippen molar-refractivity contribution in [3.05, 3.63) is 24.3 Å². The molecular weight excluding hydrogens is 668 g/mol. The van der Waals surface area contributed by atoms with E-state index in [0.29, 0.717) is 12.8 Å². The van der Waals surface area contributed by atoms with Gasteiger partial charge in [-0.1, -0.05) is 122 Å². The highest BCUT2D eigenvalue weighted by molar-refractivity contribution is 5.73. The number of carbonyl (C=O) groups is 3. The Bertz CT molecular complexity index is 968. The maximum absolute atomic E-state index is 12.7. The van der Waals surface area contributed by atoms with E-state index in [-0.39, 0.29) is 19.4 Å². The lowest BCUT2D eigenvalue weighted by molar-refractivity contribution is -0.298. The highest BCUT2D eigenvalue weighted by Gasteiger charge is 2.47. The lowest BCUT2D eigenvalue weighted by Crippen LogP contribution is -2.60. The second kappa shape index (κ2) is 32.1. The first-order valence-electron chi connectivity index (χ1n) is 20.4. The van der Waals surface area contributed by atoms with Crippen molar-refractivity contribution >= 4 is 17.9 Å². The predicted molar refractivity (Wildman–Crippen MR) is 202 cm³/mol. The van der Waals surface area contributed by atoms with Gasteiger partial charge in [-0.15, -0.1) is 0 Å². The summed E-state index contributed by atoms with van der Waals surface area (Å²) >= 11 is 0. The summed E-state index contributed by atoms with van der Waals surface area (Å²) in [4.78, 5) is 36.6. The second-order valence-electron chi connectivity index (χ2n) is 14.1. The van der Waals surface area contributed by atoms with Gasteiger partial charge < -0.3 is 39.4 Å². The molecule has 1 fully saturated rings. The van der Waals surface area contributed by atoms with Crippen molar-refractivity contribution in [2.75, 3.05) is 13.2 Å². The van der Waals surface area contributed by atoms with Gasteiger partial charge in [0.05, 0.1) is 6.61 Å². The molecule has 0 spiro atoms. The minimum atomic E-state index is -1.86. The van der Waals surface area contributed by atoms with Gasteiger partial charge in [-0.3, -0.25) is 9.59 Å². The lowest BCUT2D eigenvalue weighted by Gasteiger charge is -2.38. The second-order valence-corrected chi connectivity index (χ2v) is 14.1. The van der Waals surface area contributed by atoms with Crippen LogP contribution in [0, 0.1) is 0 Å². The van der Waals surface area contributed by atoms with E-state index in [1.54, 1.807) is 0 Å². The van der Waals surface area contributed by atoms with Crippen LogP contribution in [0.1, 0.15) is 168 Å². The smallest absolute Gasteiger partial charge is 0.335 e. The van der Waals surface area contributed by atoms with Crippen molar-refractivity contribution in [1.82, 2.24) is 0 Å². The van der Waals surface area contributed by atoms with E-state index in [1.165, 1.54) is 51.4 Å². The first-order valence-corrected chi connectivity index (χ1v) is 20.4. The maximum Gasteiger partial charge on any atom is 0.335 e. The first-order chi connectivity index (χ1) is 25.2. The molecule has 0 aromatic heterocycles. The number of aliphatic hydroxyl groups excluding tert-OH is 3. The Morgan fingerprint density at radius 3 is 1.56 bits per heavy atom. The number of carbonyl (C=O) groups excluding carboxylic acids is 2.